The molecule has 2 aromatic carbocycles. The smallest absolute Gasteiger partial charge is 0.248 e. The molecular formula is C26H28N6O2. The lowest BCUT2D eigenvalue weighted by atomic mass is 9.96. The highest BCUT2D eigenvalue weighted by Gasteiger charge is 2.39. The molecule has 1 saturated heterocycles. The number of nitrogens with zero attached hydrogens (tertiary/aromatic N) is 3. The Morgan fingerprint density at radius 2 is 2.03 bits per heavy atom. The van der Waals surface area contributed by atoms with Crippen molar-refractivity contribution < 1.29 is 9.15 Å². The SMILES string of the molecule is N=Cc1c(N)cc(-c2cccc3[nH]ccc23)cc1-c1nnc(CN2CCOC3(CCCC3)C2)o1. The Balaban J connectivity index is 1.32. The third-order valence-corrected chi connectivity index (χ3v) is 7.16. The molecule has 0 amide bonds. The van der Waals surface area contributed by atoms with Crippen molar-refractivity contribution in [3.05, 3.63) is 54.0 Å². The van der Waals surface area contributed by atoms with Gasteiger partial charge in [-0.2, -0.15) is 0 Å². The average molecular weight is 457 g/mol. The number of hydrogen-bond acceptors (Lipinski definition) is 7. The van der Waals surface area contributed by atoms with Crippen LogP contribution >= 0.6 is 0 Å². The van der Waals surface area contributed by atoms with Crippen LogP contribution in [0.1, 0.15) is 37.1 Å². The molecule has 174 valence electrons. The first-order valence-electron chi connectivity index (χ1n) is 11.8. The number of fused-ring (bicyclic) bond motifs is 1. The summed E-state index contributed by atoms with van der Waals surface area (Å²) < 4.78 is 12.3. The van der Waals surface area contributed by atoms with Crippen molar-refractivity contribution in [2.75, 3.05) is 25.4 Å². The summed E-state index contributed by atoms with van der Waals surface area (Å²) in [6.45, 7) is 3.09. The number of rotatable bonds is 5. The van der Waals surface area contributed by atoms with Crippen LogP contribution in [0.5, 0.6) is 0 Å². The molecule has 2 fully saturated rings. The maximum Gasteiger partial charge on any atom is 0.248 e. The normalized spacial score (nSPS) is 18.1. The number of aromatic amines is 1. The van der Waals surface area contributed by atoms with E-state index >= 15 is 0 Å². The summed E-state index contributed by atoms with van der Waals surface area (Å²) in [4.78, 5) is 5.60. The molecule has 8 heteroatoms. The summed E-state index contributed by atoms with van der Waals surface area (Å²) in [6.07, 6.45) is 7.90. The molecule has 0 radical (unpaired) electrons. The summed E-state index contributed by atoms with van der Waals surface area (Å²) in [5.74, 6) is 0.949. The summed E-state index contributed by atoms with van der Waals surface area (Å²) >= 11 is 0. The molecule has 1 aliphatic carbocycles. The fourth-order valence-corrected chi connectivity index (χ4v) is 5.50. The van der Waals surface area contributed by atoms with Gasteiger partial charge in [0.15, 0.2) is 0 Å². The highest BCUT2D eigenvalue weighted by molar-refractivity contribution is 6.00. The zero-order valence-electron chi connectivity index (χ0n) is 19.0. The molecule has 4 N–H and O–H groups in total. The van der Waals surface area contributed by atoms with Gasteiger partial charge in [-0.1, -0.05) is 25.0 Å². The number of nitrogens with two attached hydrogens (primary N) is 1. The number of anilines is 1. The Morgan fingerprint density at radius 3 is 2.88 bits per heavy atom. The molecule has 4 aromatic rings. The zero-order valence-corrected chi connectivity index (χ0v) is 19.0. The Kier molecular flexibility index (Phi) is 5.19. The maximum absolute atomic E-state index is 7.94. The fourth-order valence-electron chi connectivity index (χ4n) is 5.50. The van der Waals surface area contributed by atoms with Crippen molar-refractivity contribution in [1.82, 2.24) is 20.1 Å². The fraction of sp³-hybridized carbons (Fsp3) is 0.346. The van der Waals surface area contributed by atoms with Crippen LogP contribution in [0.2, 0.25) is 0 Å². The highest BCUT2D eigenvalue weighted by atomic mass is 16.5. The van der Waals surface area contributed by atoms with Crippen molar-refractivity contribution in [2.24, 2.45) is 0 Å². The lowest BCUT2D eigenvalue weighted by Crippen LogP contribution is -2.49. The topological polar surface area (TPSA) is 117 Å². The van der Waals surface area contributed by atoms with E-state index in [-0.39, 0.29) is 5.60 Å². The maximum atomic E-state index is 7.94. The largest absolute Gasteiger partial charge is 0.419 e. The third-order valence-electron chi connectivity index (χ3n) is 7.16. The lowest BCUT2D eigenvalue weighted by molar-refractivity contribution is -0.108. The summed E-state index contributed by atoms with van der Waals surface area (Å²) in [7, 11) is 0. The molecule has 3 heterocycles. The zero-order chi connectivity index (χ0) is 23.1. The molecule has 1 spiro atoms. The molecule has 34 heavy (non-hydrogen) atoms. The van der Waals surface area contributed by atoms with Crippen LogP contribution in [-0.2, 0) is 11.3 Å². The lowest BCUT2D eigenvalue weighted by Gasteiger charge is -2.40. The second-order valence-electron chi connectivity index (χ2n) is 9.37. The standard InChI is InChI=1S/C26H28N6O2/c27-14-21-20(12-17(13-22(21)28)18-4-3-5-23-19(18)6-9-29-23)25-31-30-24(34-25)15-32-10-11-33-26(16-32)7-1-2-8-26/h3-6,9,12-14,27,29H,1-2,7-8,10-11,15-16,28H2. The first kappa shape index (κ1) is 21.1. The van der Waals surface area contributed by atoms with Gasteiger partial charge < -0.3 is 25.3 Å². The van der Waals surface area contributed by atoms with Crippen LogP contribution in [0.3, 0.4) is 0 Å². The minimum atomic E-state index is -0.00349. The van der Waals surface area contributed by atoms with E-state index in [1.807, 2.05) is 30.5 Å². The van der Waals surface area contributed by atoms with Crippen molar-refractivity contribution in [3.8, 4) is 22.6 Å². The molecule has 2 aliphatic rings. The summed E-state index contributed by atoms with van der Waals surface area (Å²) in [5, 5.41) is 17.7. The van der Waals surface area contributed by atoms with E-state index in [1.54, 1.807) is 0 Å². The second kappa shape index (κ2) is 8.38. The first-order valence-corrected chi connectivity index (χ1v) is 11.8. The number of ether oxygens (including phenoxy) is 1. The molecule has 0 atom stereocenters. The number of hydrogen-bond donors (Lipinski definition) is 3. The number of benzene rings is 2. The highest BCUT2D eigenvalue weighted by Crippen LogP contribution is 2.37. The van der Waals surface area contributed by atoms with Crippen LogP contribution in [0.15, 0.2) is 47.0 Å². The minimum absolute atomic E-state index is 0.00349. The van der Waals surface area contributed by atoms with Gasteiger partial charge in [0.25, 0.3) is 0 Å². The quantitative estimate of drug-likeness (QED) is 0.298. The minimum Gasteiger partial charge on any atom is -0.419 e. The van der Waals surface area contributed by atoms with Crippen LogP contribution in [0, 0.1) is 5.41 Å². The number of aromatic nitrogens is 3. The number of H-pyrrole nitrogens is 1. The van der Waals surface area contributed by atoms with E-state index in [4.69, 9.17) is 20.3 Å². The molecular weight excluding hydrogens is 428 g/mol. The average Bonchev–Trinajstić information content (AvgIpc) is 3.60. The predicted octanol–water partition coefficient (Wildman–Crippen LogP) is 4.61. The van der Waals surface area contributed by atoms with Gasteiger partial charge in [-0.05, 0) is 48.2 Å². The van der Waals surface area contributed by atoms with Crippen molar-refractivity contribution in [3.63, 3.8) is 0 Å². The molecule has 1 aliphatic heterocycles. The Bertz CT molecular complexity index is 1350. The molecule has 0 unspecified atom stereocenters. The van der Waals surface area contributed by atoms with Gasteiger partial charge in [0.1, 0.15) is 0 Å². The number of morpholine rings is 1. The third kappa shape index (κ3) is 3.69. The van der Waals surface area contributed by atoms with Crippen LogP contribution in [0.4, 0.5) is 5.69 Å². The molecule has 2 aromatic heterocycles. The van der Waals surface area contributed by atoms with Crippen molar-refractivity contribution >= 4 is 22.8 Å². The van der Waals surface area contributed by atoms with Gasteiger partial charge in [-0.25, -0.2) is 0 Å². The van der Waals surface area contributed by atoms with Gasteiger partial charge in [0.2, 0.25) is 11.8 Å². The Morgan fingerprint density at radius 1 is 1.15 bits per heavy atom. The molecule has 1 saturated carbocycles. The van der Waals surface area contributed by atoms with Crippen molar-refractivity contribution in [2.45, 2.75) is 37.8 Å². The van der Waals surface area contributed by atoms with Gasteiger partial charge in [-0.15, -0.1) is 10.2 Å². The first-order chi connectivity index (χ1) is 16.6. The Hall–Kier alpha value is -3.49. The molecule has 0 bridgehead atoms. The summed E-state index contributed by atoms with van der Waals surface area (Å²) in [6, 6.07) is 12.1. The predicted molar refractivity (Wildman–Crippen MR) is 132 cm³/mol. The molecule has 8 nitrogen and oxygen atoms in total. The monoisotopic (exact) mass is 456 g/mol. The van der Waals surface area contributed by atoms with Gasteiger partial charge in [0, 0.05) is 47.7 Å². The van der Waals surface area contributed by atoms with E-state index in [0.717, 1.165) is 54.6 Å². The Labute approximate surface area is 197 Å². The van der Waals surface area contributed by atoms with E-state index in [0.29, 0.717) is 35.1 Å². The van der Waals surface area contributed by atoms with Gasteiger partial charge in [-0.3, -0.25) is 4.90 Å². The van der Waals surface area contributed by atoms with Crippen LogP contribution < -0.4 is 5.73 Å². The van der Waals surface area contributed by atoms with E-state index in [1.165, 1.54) is 19.1 Å². The van der Waals surface area contributed by atoms with E-state index in [9.17, 15) is 0 Å². The van der Waals surface area contributed by atoms with E-state index < -0.39 is 0 Å². The molecule has 6 rings (SSSR count). The number of nitrogens with one attached hydrogen (secondary N) is 2. The second-order valence-corrected chi connectivity index (χ2v) is 9.37. The number of nitrogen functional groups attached to an aromatic ring is 1. The van der Waals surface area contributed by atoms with Gasteiger partial charge in [0.05, 0.1) is 24.3 Å². The summed E-state index contributed by atoms with van der Waals surface area (Å²) in [5.41, 5.74) is 11.2. The van der Waals surface area contributed by atoms with Crippen LogP contribution in [-0.4, -0.2) is 51.6 Å². The van der Waals surface area contributed by atoms with Crippen LogP contribution in [0.25, 0.3) is 33.5 Å². The van der Waals surface area contributed by atoms with Gasteiger partial charge >= 0.3 is 0 Å². The van der Waals surface area contributed by atoms with Crippen molar-refractivity contribution in [1.29, 1.82) is 5.41 Å². The van der Waals surface area contributed by atoms with E-state index in [2.05, 4.69) is 32.2 Å².